The van der Waals surface area contributed by atoms with Crippen LogP contribution in [0.25, 0.3) is 0 Å². The lowest BCUT2D eigenvalue weighted by molar-refractivity contribution is -0.00685. The second-order valence-electron chi connectivity index (χ2n) is 7.55. The number of rotatable bonds is 8. The molecule has 0 spiro atoms. The van der Waals surface area contributed by atoms with Gasteiger partial charge in [-0.3, -0.25) is 0 Å². The third-order valence-corrected chi connectivity index (χ3v) is 3.61. The number of carbonyl (C=O) groups excluding carboxylic acids is 1. The van der Waals surface area contributed by atoms with E-state index in [0.29, 0.717) is 6.54 Å². The highest BCUT2D eigenvalue weighted by Crippen LogP contribution is 2.14. The van der Waals surface area contributed by atoms with Gasteiger partial charge in [0.25, 0.3) is 0 Å². The number of hydrogen-bond donors (Lipinski definition) is 2. The van der Waals surface area contributed by atoms with E-state index in [1.165, 1.54) is 5.56 Å². The van der Waals surface area contributed by atoms with Gasteiger partial charge in [-0.2, -0.15) is 0 Å². The number of amides is 1. The summed E-state index contributed by atoms with van der Waals surface area (Å²) >= 11 is 0. The zero-order valence-corrected chi connectivity index (χ0v) is 15.4. The third kappa shape index (κ3) is 8.31. The van der Waals surface area contributed by atoms with Crippen LogP contribution in [0, 0.1) is 0 Å². The quantitative estimate of drug-likeness (QED) is 0.716. The fraction of sp³-hybridized carbons (Fsp3) is 0.632. The number of nitrogens with two attached hydrogens (primary N) is 1. The van der Waals surface area contributed by atoms with Crippen molar-refractivity contribution in [3.63, 3.8) is 0 Å². The average Bonchev–Trinajstić information content (AvgIpc) is 2.49. The van der Waals surface area contributed by atoms with E-state index < -0.39 is 17.3 Å². The van der Waals surface area contributed by atoms with Crippen LogP contribution in [0.1, 0.15) is 46.1 Å². The molecule has 1 aromatic rings. The minimum absolute atomic E-state index is 0.0936. The van der Waals surface area contributed by atoms with Crippen molar-refractivity contribution in [1.29, 1.82) is 0 Å². The van der Waals surface area contributed by atoms with Gasteiger partial charge in [-0.15, -0.1) is 0 Å². The minimum atomic E-state index is -1.11. The Bertz CT molecular complexity index is 495. The topological polar surface area (TPSA) is 75.8 Å². The highest BCUT2D eigenvalue weighted by molar-refractivity contribution is 5.68. The monoisotopic (exact) mass is 336 g/mol. The van der Waals surface area contributed by atoms with Crippen molar-refractivity contribution >= 4 is 6.09 Å². The maximum Gasteiger partial charge on any atom is 0.410 e. The summed E-state index contributed by atoms with van der Waals surface area (Å²) in [6.45, 7) is 7.94. The summed E-state index contributed by atoms with van der Waals surface area (Å²) in [5.74, 6) is 0. The van der Waals surface area contributed by atoms with E-state index in [2.05, 4.69) is 12.1 Å². The molecule has 0 fully saturated rings. The van der Waals surface area contributed by atoms with E-state index in [1.54, 1.807) is 11.8 Å². The molecule has 3 N–H and O–H groups in total. The fourth-order valence-electron chi connectivity index (χ4n) is 2.31. The van der Waals surface area contributed by atoms with Crippen molar-refractivity contribution < 1.29 is 14.6 Å². The second kappa shape index (κ2) is 9.04. The number of carbonyl (C=O) groups is 1. The second-order valence-corrected chi connectivity index (χ2v) is 7.55. The Balaban J connectivity index is 2.56. The van der Waals surface area contributed by atoms with E-state index in [4.69, 9.17) is 10.5 Å². The van der Waals surface area contributed by atoms with Crippen molar-refractivity contribution in [3.8, 4) is 0 Å². The Morgan fingerprint density at radius 3 is 2.33 bits per heavy atom. The third-order valence-electron chi connectivity index (χ3n) is 3.61. The highest BCUT2D eigenvalue weighted by Gasteiger charge is 2.28. The molecule has 5 nitrogen and oxygen atoms in total. The van der Waals surface area contributed by atoms with Gasteiger partial charge in [-0.25, -0.2) is 4.79 Å². The van der Waals surface area contributed by atoms with E-state index in [0.717, 1.165) is 19.3 Å². The Morgan fingerprint density at radius 1 is 1.17 bits per heavy atom. The number of hydrogen-bond acceptors (Lipinski definition) is 4. The van der Waals surface area contributed by atoms with Gasteiger partial charge in [-0.1, -0.05) is 30.3 Å². The van der Waals surface area contributed by atoms with Gasteiger partial charge in [0.1, 0.15) is 5.60 Å². The summed E-state index contributed by atoms with van der Waals surface area (Å²) in [7, 11) is 0. The Hall–Kier alpha value is -1.59. The van der Waals surface area contributed by atoms with Gasteiger partial charge >= 0.3 is 6.09 Å². The molecule has 0 aliphatic carbocycles. The Morgan fingerprint density at radius 2 is 1.79 bits per heavy atom. The SMILES string of the molecule is CC(C)(C)OC(=O)N(CCCCc1ccccc1)C[C@](C)(O)CN. The van der Waals surface area contributed by atoms with Gasteiger partial charge in [0.2, 0.25) is 0 Å². The molecule has 24 heavy (non-hydrogen) atoms. The molecule has 1 atom stereocenters. The van der Waals surface area contributed by atoms with Crippen LogP contribution in [-0.2, 0) is 11.2 Å². The smallest absolute Gasteiger partial charge is 0.410 e. The summed E-state index contributed by atoms with van der Waals surface area (Å²) in [4.78, 5) is 13.9. The molecule has 136 valence electrons. The van der Waals surface area contributed by atoms with Gasteiger partial charge < -0.3 is 20.5 Å². The molecule has 0 radical (unpaired) electrons. The molecule has 0 saturated carbocycles. The first-order valence-electron chi connectivity index (χ1n) is 8.57. The van der Waals surface area contributed by atoms with Crippen LogP contribution >= 0.6 is 0 Å². The standard InChI is InChI=1S/C19H32N2O3/c1-18(2,3)24-17(22)21(15-19(4,23)14-20)13-9-8-12-16-10-6-5-7-11-16/h5-7,10-11,23H,8-9,12-15,20H2,1-4H3/t19-/m1/s1. The molecule has 5 heteroatoms. The lowest BCUT2D eigenvalue weighted by Crippen LogP contribution is -2.49. The van der Waals surface area contributed by atoms with E-state index >= 15 is 0 Å². The van der Waals surface area contributed by atoms with E-state index in [-0.39, 0.29) is 13.1 Å². The molecule has 0 saturated heterocycles. The lowest BCUT2D eigenvalue weighted by atomic mass is 10.1. The number of nitrogens with zero attached hydrogens (tertiary/aromatic N) is 1. The molecular formula is C19H32N2O3. The molecule has 1 rings (SSSR count). The van der Waals surface area contributed by atoms with Crippen LogP contribution in [0.4, 0.5) is 4.79 Å². The van der Waals surface area contributed by atoms with Gasteiger partial charge in [0.05, 0.1) is 12.1 Å². The number of aryl methyl sites for hydroxylation is 1. The van der Waals surface area contributed by atoms with Crippen molar-refractivity contribution in [1.82, 2.24) is 4.90 Å². The van der Waals surface area contributed by atoms with Crippen LogP contribution < -0.4 is 5.73 Å². The molecular weight excluding hydrogens is 304 g/mol. The van der Waals surface area contributed by atoms with Crippen molar-refractivity contribution in [2.75, 3.05) is 19.6 Å². The molecule has 0 aliphatic rings. The number of unbranched alkanes of at least 4 members (excludes halogenated alkanes) is 1. The normalized spacial score (nSPS) is 14.1. The van der Waals surface area contributed by atoms with Crippen LogP contribution in [0.15, 0.2) is 30.3 Å². The van der Waals surface area contributed by atoms with E-state index in [1.807, 2.05) is 39.0 Å². The highest BCUT2D eigenvalue weighted by atomic mass is 16.6. The fourth-order valence-corrected chi connectivity index (χ4v) is 2.31. The van der Waals surface area contributed by atoms with Crippen LogP contribution in [0.3, 0.4) is 0 Å². The van der Waals surface area contributed by atoms with Gasteiger partial charge in [0, 0.05) is 13.1 Å². The predicted molar refractivity (Wildman–Crippen MR) is 96.9 cm³/mol. The molecule has 1 aromatic carbocycles. The summed E-state index contributed by atoms with van der Waals surface area (Å²) in [6, 6.07) is 10.3. The molecule has 0 aliphatic heterocycles. The maximum absolute atomic E-state index is 12.4. The lowest BCUT2D eigenvalue weighted by Gasteiger charge is -2.32. The van der Waals surface area contributed by atoms with Crippen LogP contribution in [-0.4, -0.2) is 46.9 Å². The van der Waals surface area contributed by atoms with Crippen molar-refractivity contribution in [3.05, 3.63) is 35.9 Å². The summed E-state index contributed by atoms with van der Waals surface area (Å²) in [6.07, 6.45) is 2.37. The zero-order valence-electron chi connectivity index (χ0n) is 15.4. The summed E-state index contributed by atoms with van der Waals surface area (Å²) in [5.41, 5.74) is 5.20. The van der Waals surface area contributed by atoms with Crippen LogP contribution in [0.2, 0.25) is 0 Å². The Labute approximate surface area is 145 Å². The average molecular weight is 336 g/mol. The van der Waals surface area contributed by atoms with Crippen molar-refractivity contribution in [2.24, 2.45) is 5.73 Å². The maximum atomic E-state index is 12.4. The molecule has 0 bridgehead atoms. The first-order valence-corrected chi connectivity index (χ1v) is 8.57. The zero-order chi connectivity index (χ0) is 18.2. The molecule has 0 aromatic heterocycles. The molecule has 0 unspecified atom stereocenters. The Kier molecular flexibility index (Phi) is 7.70. The predicted octanol–water partition coefficient (Wildman–Crippen LogP) is 2.96. The molecule has 0 heterocycles. The largest absolute Gasteiger partial charge is 0.444 e. The minimum Gasteiger partial charge on any atom is -0.444 e. The first-order chi connectivity index (χ1) is 11.1. The van der Waals surface area contributed by atoms with Crippen molar-refractivity contribution in [2.45, 2.75) is 58.2 Å². The molecule has 1 amide bonds. The van der Waals surface area contributed by atoms with Gasteiger partial charge in [0.15, 0.2) is 0 Å². The van der Waals surface area contributed by atoms with E-state index in [9.17, 15) is 9.90 Å². The first kappa shape index (κ1) is 20.5. The van der Waals surface area contributed by atoms with Crippen LogP contribution in [0.5, 0.6) is 0 Å². The van der Waals surface area contributed by atoms with Gasteiger partial charge in [-0.05, 0) is 52.5 Å². The number of benzene rings is 1. The number of ether oxygens (including phenoxy) is 1. The number of aliphatic hydroxyl groups is 1. The summed E-state index contributed by atoms with van der Waals surface area (Å²) in [5, 5.41) is 10.2. The summed E-state index contributed by atoms with van der Waals surface area (Å²) < 4.78 is 5.44.